The number of nitrogens with one attached hydrogen (secondary N) is 1. The van der Waals surface area contributed by atoms with Crippen molar-refractivity contribution in [2.45, 2.75) is 13.0 Å². The van der Waals surface area contributed by atoms with Crippen molar-refractivity contribution in [2.75, 3.05) is 25.1 Å². The number of rotatable bonds is 6. The Kier molecular flexibility index (Phi) is 4.85. The molecule has 0 aliphatic carbocycles. The number of hydrogen-bond donors (Lipinski definition) is 1. The zero-order valence-electron chi connectivity index (χ0n) is 12.6. The van der Waals surface area contributed by atoms with Crippen LogP contribution in [0.5, 0.6) is 5.75 Å². The van der Waals surface area contributed by atoms with Gasteiger partial charge in [-0.2, -0.15) is 5.10 Å². The number of nitrogens with zero attached hydrogens (tertiary/aromatic N) is 2. The summed E-state index contributed by atoms with van der Waals surface area (Å²) in [4.78, 5) is 0. The fourth-order valence-electron chi connectivity index (χ4n) is 2.45. The van der Waals surface area contributed by atoms with Crippen LogP contribution < -0.4 is 10.1 Å². The molecule has 2 aromatic rings. The van der Waals surface area contributed by atoms with Gasteiger partial charge in [0.05, 0.1) is 25.1 Å². The summed E-state index contributed by atoms with van der Waals surface area (Å²) in [6.45, 7) is 2.97. The van der Waals surface area contributed by atoms with Crippen molar-refractivity contribution in [3.63, 3.8) is 0 Å². The van der Waals surface area contributed by atoms with E-state index in [0.29, 0.717) is 24.1 Å². The summed E-state index contributed by atoms with van der Waals surface area (Å²) in [7, 11) is 1.90. The van der Waals surface area contributed by atoms with Crippen LogP contribution in [0.1, 0.15) is 12.0 Å². The predicted molar refractivity (Wildman–Crippen MR) is 86.4 cm³/mol. The first-order valence-electron chi connectivity index (χ1n) is 7.42. The van der Waals surface area contributed by atoms with Crippen molar-refractivity contribution >= 4 is 17.3 Å². The fourth-order valence-corrected chi connectivity index (χ4v) is 2.62. The highest BCUT2D eigenvalue weighted by atomic mass is 35.5. The van der Waals surface area contributed by atoms with E-state index in [4.69, 9.17) is 21.1 Å². The number of aromatic nitrogens is 2. The van der Waals surface area contributed by atoms with Gasteiger partial charge >= 0.3 is 0 Å². The van der Waals surface area contributed by atoms with E-state index in [1.807, 2.05) is 37.6 Å². The first-order valence-corrected chi connectivity index (χ1v) is 7.80. The molecular formula is C16H20ClN3O2. The molecule has 118 valence electrons. The minimum absolute atomic E-state index is 0.474. The summed E-state index contributed by atoms with van der Waals surface area (Å²) in [5.74, 6) is 1.29. The van der Waals surface area contributed by atoms with E-state index in [9.17, 15) is 0 Å². The van der Waals surface area contributed by atoms with E-state index < -0.39 is 0 Å². The third-order valence-electron chi connectivity index (χ3n) is 3.68. The lowest BCUT2D eigenvalue weighted by molar-refractivity contribution is 0.167. The third-order valence-corrected chi connectivity index (χ3v) is 3.92. The van der Waals surface area contributed by atoms with Crippen LogP contribution in [0.25, 0.3) is 0 Å². The first kappa shape index (κ1) is 15.2. The van der Waals surface area contributed by atoms with Gasteiger partial charge in [-0.25, -0.2) is 0 Å². The van der Waals surface area contributed by atoms with E-state index in [1.54, 1.807) is 4.68 Å². The highest BCUT2D eigenvalue weighted by molar-refractivity contribution is 6.30. The van der Waals surface area contributed by atoms with Gasteiger partial charge in [0.1, 0.15) is 5.75 Å². The molecule has 22 heavy (non-hydrogen) atoms. The van der Waals surface area contributed by atoms with Gasteiger partial charge in [-0.15, -0.1) is 0 Å². The molecule has 1 aliphatic rings. The predicted octanol–water partition coefficient (Wildman–Crippen LogP) is 3.10. The number of halogens is 1. The smallest absolute Gasteiger partial charge is 0.142 e. The van der Waals surface area contributed by atoms with Crippen LogP contribution in [0.3, 0.4) is 0 Å². The quantitative estimate of drug-likeness (QED) is 0.888. The Hall–Kier alpha value is -1.72. The maximum atomic E-state index is 6.10. The summed E-state index contributed by atoms with van der Waals surface area (Å²) < 4.78 is 13.1. The molecule has 0 radical (unpaired) electrons. The summed E-state index contributed by atoms with van der Waals surface area (Å²) >= 11 is 6.10. The van der Waals surface area contributed by atoms with E-state index in [0.717, 1.165) is 36.6 Å². The Labute approximate surface area is 135 Å². The van der Waals surface area contributed by atoms with Crippen molar-refractivity contribution in [3.05, 3.63) is 41.2 Å². The van der Waals surface area contributed by atoms with Crippen molar-refractivity contribution in [1.82, 2.24) is 9.78 Å². The Morgan fingerprint density at radius 1 is 1.50 bits per heavy atom. The zero-order chi connectivity index (χ0) is 15.4. The van der Waals surface area contributed by atoms with Crippen molar-refractivity contribution in [3.8, 4) is 5.75 Å². The summed E-state index contributed by atoms with van der Waals surface area (Å²) in [6.07, 6.45) is 4.88. The SMILES string of the molecule is Cn1cc(CNc2cc(Cl)ccc2OC[C@H]2CCOC2)cn1. The lowest BCUT2D eigenvalue weighted by atomic mass is 10.1. The first-order chi connectivity index (χ1) is 10.7. The molecule has 1 atom stereocenters. The summed E-state index contributed by atoms with van der Waals surface area (Å²) in [5.41, 5.74) is 2.01. The van der Waals surface area contributed by atoms with Gasteiger partial charge in [0, 0.05) is 42.9 Å². The largest absolute Gasteiger partial charge is 0.491 e. The molecule has 1 aromatic heterocycles. The second-order valence-corrected chi connectivity index (χ2v) is 5.99. The van der Waals surface area contributed by atoms with E-state index in [1.165, 1.54) is 0 Å². The Morgan fingerprint density at radius 2 is 2.41 bits per heavy atom. The molecule has 1 N–H and O–H groups in total. The van der Waals surface area contributed by atoms with E-state index >= 15 is 0 Å². The number of hydrogen-bond acceptors (Lipinski definition) is 4. The third kappa shape index (κ3) is 3.93. The summed E-state index contributed by atoms with van der Waals surface area (Å²) in [6, 6.07) is 5.64. The molecular weight excluding hydrogens is 302 g/mol. The minimum atomic E-state index is 0.474. The maximum Gasteiger partial charge on any atom is 0.142 e. The minimum Gasteiger partial charge on any atom is -0.491 e. The molecule has 0 amide bonds. The van der Waals surface area contributed by atoms with Crippen molar-refractivity contribution in [2.24, 2.45) is 13.0 Å². The highest BCUT2D eigenvalue weighted by Gasteiger charge is 2.17. The van der Waals surface area contributed by atoms with E-state index in [-0.39, 0.29) is 0 Å². The molecule has 0 saturated carbocycles. The maximum absolute atomic E-state index is 6.10. The average molecular weight is 322 g/mol. The second-order valence-electron chi connectivity index (χ2n) is 5.56. The number of anilines is 1. The average Bonchev–Trinajstić information content (AvgIpc) is 3.15. The van der Waals surface area contributed by atoms with E-state index in [2.05, 4.69) is 10.4 Å². The monoisotopic (exact) mass is 321 g/mol. The van der Waals surface area contributed by atoms with Gasteiger partial charge in [0.15, 0.2) is 0 Å². The molecule has 1 fully saturated rings. The van der Waals surface area contributed by atoms with Gasteiger partial charge in [0.25, 0.3) is 0 Å². The van der Waals surface area contributed by atoms with Crippen LogP contribution in [0.4, 0.5) is 5.69 Å². The summed E-state index contributed by atoms with van der Waals surface area (Å²) in [5, 5.41) is 8.21. The number of benzene rings is 1. The molecule has 3 rings (SSSR count). The topological polar surface area (TPSA) is 48.3 Å². The molecule has 6 heteroatoms. The Balaban J connectivity index is 1.64. The normalized spacial score (nSPS) is 17.6. The van der Waals surface area contributed by atoms with Gasteiger partial charge in [0.2, 0.25) is 0 Å². The van der Waals surface area contributed by atoms with Crippen LogP contribution in [0, 0.1) is 5.92 Å². The van der Waals surface area contributed by atoms with Crippen LogP contribution >= 0.6 is 11.6 Å². The van der Waals surface area contributed by atoms with Crippen LogP contribution in [-0.2, 0) is 18.3 Å². The molecule has 0 unspecified atom stereocenters. The number of ether oxygens (including phenoxy) is 2. The highest BCUT2D eigenvalue weighted by Crippen LogP contribution is 2.29. The molecule has 1 saturated heterocycles. The standard InChI is InChI=1S/C16H20ClN3O2/c1-20-9-13(8-19-20)7-18-15-6-14(17)2-3-16(15)22-11-12-4-5-21-10-12/h2-3,6,8-9,12,18H,4-5,7,10-11H2,1H3/t12-/m0/s1. The molecule has 1 aliphatic heterocycles. The number of aryl methyl sites for hydroxylation is 1. The van der Waals surface area contributed by atoms with Crippen molar-refractivity contribution in [1.29, 1.82) is 0 Å². The molecule has 0 bridgehead atoms. The van der Waals surface area contributed by atoms with Gasteiger partial charge in [-0.1, -0.05) is 11.6 Å². The molecule has 0 spiro atoms. The van der Waals surface area contributed by atoms with Gasteiger partial charge < -0.3 is 14.8 Å². The lowest BCUT2D eigenvalue weighted by Crippen LogP contribution is -2.12. The van der Waals surface area contributed by atoms with Gasteiger partial charge in [-0.05, 0) is 24.6 Å². The fraction of sp³-hybridized carbons (Fsp3) is 0.438. The van der Waals surface area contributed by atoms with Crippen molar-refractivity contribution < 1.29 is 9.47 Å². The zero-order valence-corrected chi connectivity index (χ0v) is 13.3. The Morgan fingerprint density at radius 3 is 3.14 bits per heavy atom. The second kappa shape index (κ2) is 7.03. The van der Waals surface area contributed by atoms with Gasteiger partial charge in [-0.3, -0.25) is 4.68 Å². The van der Waals surface area contributed by atoms with Crippen LogP contribution in [-0.4, -0.2) is 29.6 Å². The Bertz CT molecular complexity index is 624. The van der Waals surface area contributed by atoms with Crippen LogP contribution in [0.15, 0.2) is 30.6 Å². The molecule has 5 nitrogen and oxygen atoms in total. The van der Waals surface area contributed by atoms with Crippen LogP contribution in [0.2, 0.25) is 5.02 Å². The lowest BCUT2D eigenvalue weighted by Gasteiger charge is -2.15. The molecule has 1 aromatic carbocycles. The molecule has 2 heterocycles.